The third-order valence-electron chi connectivity index (χ3n) is 3.97. The number of nitrogens with zero attached hydrogens (tertiary/aromatic N) is 1. The molecule has 0 N–H and O–H groups in total. The van der Waals surface area contributed by atoms with E-state index in [4.69, 9.17) is 4.74 Å². The molecule has 1 heterocycles. The van der Waals surface area contributed by atoms with Gasteiger partial charge < -0.3 is 4.74 Å². The molecule has 1 radical (unpaired) electrons. The largest absolute Gasteiger partial charge is 0.373 e. The summed E-state index contributed by atoms with van der Waals surface area (Å²) in [5, 5.41) is 1.61. The number of benzene rings is 1. The summed E-state index contributed by atoms with van der Waals surface area (Å²) in [5.41, 5.74) is 1.57. The topological polar surface area (TPSA) is 12.5 Å². The lowest BCUT2D eigenvalue weighted by Gasteiger charge is -2.35. The quantitative estimate of drug-likeness (QED) is 0.773. The van der Waals surface area contributed by atoms with Crippen molar-refractivity contribution in [1.29, 1.82) is 0 Å². The Balaban J connectivity index is 1.84. The molecule has 0 aliphatic carbocycles. The van der Waals surface area contributed by atoms with Gasteiger partial charge in [-0.3, -0.25) is 4.90 Å². The number of ether oxygens (including phenoxy) is 1. The summed E-state index contributed by atoms with van der Waals surface area (Å²) in [6.07, 6.45) is 3.23. The summed E-state index contributed by atoms with van der Waals surface area (Å²) in [7, 11) is -0.347. The number of hydrogen-bond donors (Lipinski definition) is 0. The van der Waals surface area contributed by atoms with Crippen molar-refractivity contribution in [2.24, 2.45) is 0 Å². The van der Waals surface area contributed by atoms with E-state index in [1.807, 2.05) is 0 Å². The molecule has 2 unspecified atom stereocenters. The maximum absolute atomic E-state index is 5.79. The molecular weight excluding hydrogens is 262 g/mol. The van der Waals surface area contributed by atoms with Crippen LogP contribution in [0, 0.1) is 0 Å². The van der Waals surface area contributed by atoms with Gasteiger partial charge in [-0.2, -0.15) is 0 Å². The highest BCUT2D eigenvalue weighted by molar-refractivity contribution is 6.71. The van der Waals surface area contributed by atoms with Crippen LogP contribution in [0.1, 0.15) is 25.8 Å². The Morgan fingerprint density at radius 2 is 1.80 bits per heavy atom. The van der Waals surface area contributed by atoms with Gasteiger partial charge >= 0.3 is 0 Å². The van der Waals surface area contributed by atoms with Gasteiger partial charge in [0.15, 0.2) is 0 Å². The second-order valence-electron chi connectivity index (χ2n) is 6.28. The Labute approximate surface area is 125 Å². The lowest BCUT2D eigenvalue weighted by molar-refractivity contribution is -0.0680. The highest BCUT2D eigenvalue weighted by Crippen LogP contribution is 2.12. The fraction of sp³-hybridized carbons (Fsp3) is 0.647. The van der Waals surface area contributed by atoms with Crippen molar-refractivity contribution in [3.05, 3.63) is 29.8 Å². The summed E-state index contributed by atoms with van der Waals surface area (Å²) in [5.74, 6) is 0. The fourth-order valence-corrected chi connectivity index (χ4v) is 4.47. The van der Waals surface area contributed by atoms with Crippen LogP contribution in [-0.4, -0.2) is 45.5 Å². The molecule has 2 atom stereocenters. The lowest BCUT2D eigenvalue weighted by Crippen LogP contribution is -2.45. The average molecular weight is 291 g/mol. The first-order valence-corrected chi connectivity index (χ1v) is 10.3. The van der Waals surface area contributed by atoms with Crippen LogP contribution in [0.2, 0.25) is 13.1 Å². The van der Waals surface area contributed by atoms with Crippen molar-refractivity contribution in [3.8, 4) is 0 Å². The van der Waals surface area contributed by atoms with Crippen molar-refractivity contribution in [3.63, 3.8) is 0 Å². The average Bonchev–Trinajstić information content (AvgIpc) is 2.38. The van der Waals surface area contributed by atoms with Crippen molar-refractivity contribution in [2.75, 3.05) is 19.6 Å². The Kier molecular flexibility index (Phi) is 5.82. The molecule has 0 aromatic heterocycles. The van der Waals surface area contributed by atoms with E-state index in [0.29, 0.717) is 12.2 Å². The molecule has 0 spiro atoms. The first-order chi connectivity index (χ1) is 9.56. The highest BCUT2D eigenvalue weighted by atomic mass is 28.3. The zero-order valence-corrected chi connectivity index (χ0v) is 14.4. The Morgan fingerprint density at radius 1 is 1.15 bits per heavy atom. The third-order valence-corrected chi connectivity index (χ3v) is 5.54. The van der Waals surface area contributed by atoms with Crippen molar-refractivity contribution in [1.82, 2.24) is 4.90 Å². The predicted octanol–water partition coefficient (Wildman–Crippen LogP) is 2.69. The molecule has 1 aromatic rings. The molecule has 1 fully saturated rings. The molecule has 0 amide bonds. The molecule has 2 rings (SSSR count). The minimum absolute atomic E-state index is 0.347. The van der Waals surface area contributed by atoms with Crippen LogP contribution in [0.25, 0.3) is 0 Å². The van der Waals surface area contributed by atoms with E-state index in [9.17, 15) is 0 Å². The molecule has 1 saturated heterocycles. The van der Waals surface area contributed by atoms with E-state index in [0.717, 1.165) is 13.1 Å². The van der Waals surface area contributed by atoms with Gasteiger partial charge in [-0.15, -0.1) is 0 Å². The molecule has 1 aromatic carbocycles. The standard InChI is InChI=1S/C17H28NOSi/c1-14-12-18(13-15(2)19-14)11-7-9-16-8-5-6-10-17(16)20(3)4/h5-6,8,10,14-15H,7,9,11-13H2,1-4H3. The number of rotatable bonds is 5. The maximum atomic E-state index is 5.79. The molecule has 1 aliphatic rings. The number of morpholine rings is 1. The summed E-state index contributed by atoms with van der Waals surface area (Å²) in [4.78, 5) is 2.56. The zero-order valence-electron chi connectivity index (χ0n) is 13.4. The number of aryl methyl sites for hydroxylation is 1. The van der Waals surface area contributed by atoms with Crippen LogP contribution in [0.15, 0.2) is 24.3 Å². The first-order valence-electron chi connectivity index (χ1n) is 7.82. The lowest BCUT2D eigenvalue weighted by atomic mass is 10.1. The molecule has 0 bridgehead atoms. The van der Waals surface area contributed by atoms with Crippen LogP contribution in [-0.2, 0) is 11.2 Å². The number of hydrogen-bond acceptors (Lipinski definition) is 2. The van der Waals surface area contributed by atoms with Crippen LogP contribution in [0.5, 0.6) is 0 Å². The normalized spacial score (nSPS) is 24.2. The van der Waals surface area contributed by atoms with E-state index in [-0.39, 0.29) is 8.80 Å². The van der Waals surface area contributed by atoms with Gasteiger partial charge in [0.25, 0.3) is 0 Å². The molecular formula is C17H28NOSi. The molecule has 0 saturated carbocycles. The maximum Gasteiger partial charge on any atom is 0.0795 e. The monoisotopic (exact) mass is 290 g/mol. The Morgan fingerprint density at radius 3 is 2.45 bits per heavy atom. The zero-order chi connectivity index (χ0) is 14.5. The highest BCUT2D eigenvalue weighted by Gasteiger charge is 2.21. The smallest absolute Gasteiger partial charge is 0.0795 e. The van der Waals surface area contributed by atoms with Crippen molar-refractivity contribution < 1.29 is 4.74 Å². The molecule has 2 nitrogen and oxygen atoms in total. The SMILES string of the molecule is CC1CN(CCCc2ccccc2[Si](C)C)CC(C)O1. The Hall–Kier alpha value is -0.643. The molecule has 1 aliphatic heterocycles. The van der Waals surface area contributed by atoms with Crippen LogP contribution < -0.4 is 5.19 Å². The fourth-order valence-electron chi connectivity index (χ4n) is 3.19. The molecule has 20 heavy (non-hydrogen) atoms. The van der Waals surface area contributed by atoms with Gasteiger partial charge in [-0.1, -0.05) is 42.5 Å². The van der Waals surface area contributed by atoms with E-state index < -0.39 is 0 Å². The molecule has 111 valence electrons. The van der Waals surface area contributed by atoms with Crippen LogP contribution in [0.4, 0.5) is 0 Å². The Bertz CT molecular complexity index is 411. The third kappa shape index (κ3) is 4.44. The van der Waals surface area contributed by atoms with Gasteiger partial charge in [0.2, 0.25) is 0 Å². The summed E-state index contributed by atoms with van der Waals surface area (Å²) < 4.78 is 5.79. The van der Waals surface area contributed by atoms with Crippen LogP contribution >= 0.6 is 0 Å². The summed E-state index contributed by atoms with van der Waals surface area (Å²) >= 11 is 0. The van der Waals surface area contributed by atoms with E-state index in [1.165, 1.54) is 19.4 Å². The van der Waals surface area contributed by atoms with Crippen molar-refractivity contribution in [2.45, 2.75) is 52.0 Å². The summed E-state index contributed by atoms with van der Waals surface area (Å²) in [6.45, 7) is 12.5. The van der Waals surface area contributed by atoms with E-state index in [2.05, 4.69) is 56.1 Å². The van der Waals surface area contributed by atoms with E-state index in [1.54, 1.807) is 10.8 Å². The molecule has 3 heteroatoms. The second-order valence-corrected chi connectivity index (χ2v) is 8.82. The van der Waals surface area contributed by atoms with Gasteiger partial charge in [0, 0.05) is 13.1 Å². The van der Waals surface area contributed by atoms with Gasteiger partial charge in [0.1, 0.15) is 0 Å². The van der Waals surface area contributed by atoms with Gasteiger partial charge in [0.05, 0.1) is 21.0 Å². The van der Waals surface area contributed by atoms with Gasteiger partial charge in [-0.05, 0) is 38.8 Å². The van der Waals surface area contributed by atoms with Crippen molar-refractivity contribution >= 4 is 14.0 Å². The van der Waals surface area contributed by atoms with Crippen LogP contribution in [0.3, 0.4) is 0 Å². The summed E-state index contributed by atoms with van der Waals surface area (Å²) in [6, 6.07) is 9.00. The second kappa shape index (κ2) is 7.39. The van der Waals surface area contributed by atoms with E-state index >= 15 is 0 Å². The minimum atomic E-state index is -0.347. The first kappa shape index (κ1) is 15.7. The predicted molar refractivity (Wildman–Crippen MR) is 88.3 cm³/mol. The minimum Gasteiger partial charge on any atom is -0.373 e. The van der Waals surface area contributed by atoms with Gasteiger partial charge in [-0.25, -0.2) is 0 Å².